The van der Waals surface area contributed by atoms with Crippen molar-refractivity contribution in [1.82, 2.24) is 10.2 Å². The highest BCUT2D eigenvalue weighted by Crippen LogP contribution is 2.37. The van der Waals surface area contributed by atoms with E-state index >= 15 is 0 Å². The van der Waals surface area contributed by atoms with Gasteiger partial charge in [0.2, 0.25) is 0 Å². The van der Waals surface area contributed by atoms with Crippen LogP contribution in [0.1, 0.15) is 22.8 Å². The smallest absolute Gasteiger partial charge is 0.264 e. The Kier molecular flexibility index (Phi) is 6.08. The third-order valence-electron chi connectivity index (χ3n) is 5.61. The van der Waals surface area contributed by atoms with E-state index in [4.69, 9.17) is 4.74 Å². The Balaban J connectivity index is 1.46. The van der Waals surface area contributed by atoms with Gasteiger partial charge in [0.1, 0.15) is 0 Å². The summed E-state index contributed by atoms with van der Waals surface area (Å²) in [6.07, 6.45) is 0.580. The van der Waals surface area contributed by atoms with Gasteiger partial charge in [-0.3, -0.25) is 14.0 Å². The first-order chi connectivity index (χ1) is 14.5. The van der Waals surface area contributed by atoms with Crippen molar-refractivity contribution in [3.05, 3.63) is 59.7 Å². The van der Waals surface area contributed by atoms with E-state index in [9.17, 15) is 13.2 Å². The molecule has 0 aromatic heterocycles. The summed E-state index contributed by atoms with van der Waals surface area (Å²) in [5.74, 6) is -0.136. The van der Waals surface area contributed by atoms with Crippen molar-refractivity contribution in [2.24, 2.45) is 0 Å². The number of ether oxygens (including phenoxy) is 1. The lowest BCUT2D eigenvalue weighted by Gasteiger charge is -2.26. The number of amides is 1. The lowest BCUT2D eigenvalue weighted by atomic mass is 10.1. The molecule has 2 aromatic rings. The zero-order valence-corrected chi connectivity index (χ0v) is 17.9. The molecule has 4 rings (SSSR count). The summed E-state index contributed by atoms with van der Waals surface area (Å²) in [7, 11) is -3.64. The first-order valence-electron chi connectivity index (χ1n) is 10.3. The molecule has 0 bridgehead atoms. The molecule has 160 valence electrons. The highest BCUT2D eigenvalue weighted by Gasteiger charge is 2.36. The van der Waals surface area contributed by atoms with Crippen molar-refractivity contribution in [3.63, 3.8) is 0 Å². The van der Waals surface area contributed by atoms with Gasteiger partial charge >= 0.3 is 0 Å². The Morgan fingerprint density at radius 1 is 1.13 bits per heavy atom. The standard InChI is InChI=1S/C22H27N3O4S/c1-17-15-19-16-18(22(26)23-9-10-24-11-13-29-14-12-24)7-8-21(19)25(17)30(27,28)20-5-3-2-4-6-20/h2-8,16-17H,9-15H2,1H3,(H,23,26)/t17-/m1/s1. The Bertz CT molecular complexity index is 1000. The van der Waals surface area contributed by atoms with E-state index in [1.54, 1.807) is 42.5 Å². The molecule has 1 amide bonds. The molecule has 2 heterocycles. The van der Waals surface area contributed by atoms with Crippen LogP contribution in [0.15, 0.2) is 53.4 Å². The van der Waals surface area contributed by atoms with Crippen molar-refractivity contribution in [2.75, 3.05) is 43.7 Å². The topological polar surface area (TPSA) is 79.0 Å². The summed E-state index contributed by atoms with van der Waals surface area (Å²) in [6, 6.07) is 13.5. The molecule has 2 aliphatic heterocycles. The SMILES string of the molecule is C[C@@H]1Cc2cc(C(=O)NCCN3CCOCC3)ccc2N1S(=O)(=O)c1ccccc1. The number of fused-ring (bicyclic) bond motifs is 1. The van der Waals surface area contributed by atoms with E-state index in [0.29, 0.717) is 24.2 Å². The minimum atomic E-state index is -3.64. The van der Waals surface area contributed by atoms with E-state index in [1.807, 2.05) is 13.0 Å². The summed E-state index contributed by atoms with van der Waals surface area (Å²) in [4.78, 5) is 15.1. The Morgan fingerprint density at radius 3 is 2.60 bits per heavy atom. The predicted molar refractivity (Wildman–Crippen MR) is 115 cm³/mol. The largest absolute Gasteiger partial charge is 0.379 e. The number of benzene rings is 2. The molecule has 1 atom stereocenters. The van der Waals surface area contributed by atoms with Gasteiger partial charge in [-0.25, -0.2) is 8.42 Å². The number of hydrogen-bond acceptors (Lipinski definition) is 5. The van der Waals surface area contributed by atoms with E-state index in [-0.39, 0.29) is 16.8 Å². The maximum Gasteiger partial charge on any atom is 0.264 e. The molecule has 0 saturated carbocycles. The van der Waals surface area contributed by atoms with Crippen LogP contribution in [0.2, 0.25) is 0 Å². The lowest BCUT2D eigenvalue weighted by molar-refractivity contribution is 0.0383. The molecule has 30 heavy (non-hydrogen) atoms. The van der Waals surface area contributed by atoms with Gasteiger partial charge in [0, 0.05) is 37.8 Å². The first-order valence-corrected chi connectivity index (χ1v) is 11.7. The van der Waals surface area contributed by atoms with Crippen LogP contribution < -0.4 is 9.62 Å². The molecule has 2 aromatic carbocycles. The molecule has 2 aliphatic rings. The van der Waals surface area contributed by atoms with E-state index in [1.165, 1.54) is 4.31 Å². The molecule has 8 heteroatoms. The highest BCUT2D eigenvalue weighted by atomic mass is 32.2. The van der Waals surface area contributed by atoms with Crippen LogP contribution >= 0.6 is 0 Å². The zero-order valence-electron chi connectivity index (χ0n) is 17.1. The van der Waals surface area contributed by atoms with Gasteiger partial charge in [-0.2, -0.15) is 0 Å². The van der Waals surface area contributed by atoms with Gasteiger partial charge in [0.15, 0.2) is 0 Å². The Morgan fingerprint density at radius 2 is 1.87 bits per heavy atom. The van der Waals surface area contributed by atoms with Gasteiger partial charge in [0.05, 0.1) is 23.8 Å². The number of hydrogen-bond donors (Lipinski definition) is 1. The fraction of sp³-hybridized carbons (Fsp3) is 0.409. The Hall–Kier alpha value is -2.42. The van der Waals surface area contributed by atoms with Crippen molar-refractivity contribution >= 4 is 21.6 Å². The summed E-state index contributed by atoms with van der Waals surface area (Å²) in [5, 5.41) is 2.96. The maximum atomic E-state index is 13.2. The average Bonchev–Trinajstić information content (AvgIpc) is 3.10. The second-order valence-electron chi connectivity index (χ2n) is 7.72. The minimum Gasteiger partial charge on any atom is -0.379 e. The molecule has 1 saturated heterocycles. The van der Waals surface area contributed by atoms with Crippen molar-refractivity contribution < 1.29 is 17.9 Å². The quantitative estimate of drug-likeness (QED) is 0.759. The summed E-state index contributed by atoms with van der Waals surface area (Å²) >= 11 is 0. The van der Waals surface area contributed by atoms with Crippen LogP contribution in [0.5, 0.6) is 0 Å². The molecular formula is C22H27N3O4S. The second kappa shape index (κ2) is 8.75. The minimum absolute atomic E-state index is 0.136. The summed E-state index contributed by atoms with van der Waals surface area (Å²) in [5.41, 5.74) is 2.08. The van der Waals surface area contributed by atoms with Gasteiger partial charge in [-0.1, -0.05) is 18.2 Å². The van der Waals surface area contributed by atoms with Gasteiger partial charge < -0.3 is 10.1 Å². The number of carbonyl (C=O) groups excluding carboxylic acids is 1. The number of rotatable bonds is 6. The number of anilines is 1. The zero-order chi connectivity index (χ0) is 21.1. The number of sulfonamides is 1. The van der Waals surface area contributed by atoms with Crippen LogP contribution in [-0.4, -0.2) is 64.7 Å². The summed E-state index contributed by atoms with van der Waals surface area (Å²) < 4.78 is 33.1. The van der Waals surface area contributed by atoms with E-state index in [0.717, 1.165) is 38.4 Å². The van der Waals surface area contributed by atoms with Crippen molar-refractivity contribution in [3.8, 4) is 0 Å². The molecule has 0 radical (unpaired) electrons. The molecule has 7 nitrogen and oxygen atoms in total. The predicted octanol–water partition coefficient (Wildman–Crippen LogP) is 1.89. The molecule has 0 spiro atoms. The van der Waals surface area contributed by atoms with Crippen LogP contribution in [0, 0.1) is 0 Å². The Labute approximate surface area is 177 Å². The van der Waals surface area contributed by atoms with E-state index < -0.39 is 10.0 Å². The average molecular weight is 430 g/mol. The lowest BCUT2D eigenvalue weighted by Crippen LogP contribution is -2.41. The summed E-state index contributed by atoms with van der Waals surface area (Å²) in [6.45, 7) is 6.50. The van der Waals surface area contributed by atoms with Crippen molar-refractivity contribution in [1.29, 1.82) is 0 Å². The fourth-order valence-corrected chi connectivity index (χ4v) is 5.78. The van der Waals surface area contributed by atoms with Crippen LogP contribution in [0.25, 0.3) is 0 Å². The van der Waals surface area contributed by atoms with E-state index in [2.05, 4.69) is 10.2 Å². The fourth-order valence-electron chi connectivity index (χ4n) is 4.07. The van der Waals surface area contributed by atoms with Crippen LogP contribution in [-0.2, 0) is 21.2 Å². The molecule has 0 unspecified atom stereocenters. The van der Waals surface area contributed by atoms with Crippen LogP contribution in [0.4, 0.5) is 5.69 Å². The van der Waals surface area contributed by atoms with Crippen LogP contribution in [0.3, 0.4) is 0 Å². The monoisotopic (exact) mass is 429 g/mol. The number of nitrogens with zero attached hydrogens (tertiary/aromatic N) is 2. The van der Waals surface area contributed by atoms with Gasteiger partial charge in [-0.05, 0) is 49.2 Å². The first kappa shape index (κ1) is 20.8. The number of carbonyl (C=O) groups is 1. The second-order valence-corrected chi connectivity index (χ2v) is 9.54. The maximum absolute atomic E-state index is 13.2. The van der Waals surface area contributed by atoms with Crippen molar-refractivity contribution in [2.45, 2.75) is 24.3 Å². The molecule has 1 N–H and O–H groups in total. The third-order valence-corrected chi connectivity index (χ3v) is 7.55. The number of morpholine rings is 1. The van der Waals surface area contributed by atoms with Gasteiger partial charge in [0.25, 0.3) is 15.9 Å². The normalized spacial score (nSPS) is 19.5. The molecular weight excluding hydrogens is 402 g/mol. The van der Waals surface area contributed by atoms with Gasteiger partial charge in [-0.15, -0.1) is 0 Å². The highest BCUT2D eigenvalue weighted by molar-refractivity contribution is 7.92. The molecule has 1 fully saturated rings. The third kappa shape index (κ3) is 4.21. The number of nitrogens with one attached hydrogen (secondary N) is 1. The molecule has 0 aliphatic carbocycles.